The minimum atomic E-state index is -0.540. The van der Waals surface area contributed by atoms with Crippen LogP contribution in [0.5, 0.6) is 23.0 Å². The van der Waals surface area contributed by atoms with Crippen molar-refractivity contribution in [1.82, 2.24) is 19.9 Å². The molecule has 2 aliphatic rings. The Morgan fingerprint density at radius 1 is 0.386 bits per heavy atom. The molecule has 0 amide bonds. The molecule has 0 radical (unpaired) electrons. The van der Waals surface area contributed by atoms with Gasteiger partial charge in [0, 0.05) is 28.5 Å². The Labute approximate surface area is 329 Å². The fraction of sp³-hybridized carbons (Fsp3) is 0.0196. The molecule has 7 aromatic carbocycles. The van der Waals surface area contributed by atoms with Crippen LogP contribution in [0.3, 0.4) is 0 Å². The van der Waals surface area contributed by atoms with Crippen LogP contribution in [0.25, 0.3) is 56.5 Å². The highest BCUT2D eigenvalue weighted by Gasteiger charge is 2.48. The minimum absolute atomic E-state index is 0.507. The summed E-state index contributed by atoms with van der Waals surface area (Å²) in [6, 6.07) is 64.4. The van der Waals surface area contributed by atoms with Gasteiger partial charge in [-0.05, 0) is 63.7 Å². The lowest BCUT2D eigenvalue weighted by Crippen LogP contribution is -2.28. The summed E-state index contributed by atoms with van der Waals surface area (Å²) in [5.74, 6) is 4.32. The van der Waals surface area contributed by atoms with Crippen molar-refractivity contribution in [3.05, 3.63) is 217 Å². The zero-order valence-electron chi connectivity index (χ0n) is 30.6. The normalized spacial score (nSPS) is 13.0. The molecule has 0 bridgehead atoms. The summed E-state index contributed by atoms with van der Waals surface area (Å²) in [4.78, 5) is 19.2. The molecule has 6 nitrogen and oxygen atoms in total. The maximum absolute atomic E-state index is 6.98. The molecule has 2 aromatic heterocycles. The second-order valence-electron chi connectivity index (χ2n) is 14.1. The molecule has 1 aliphatic heterocycles. The molecule has 0 atom stereocenters. The monoisotopic (exact) mass is 732 g/mol. The van der Waals surface area contributed by atoms with Crippen LogP contribution in [-0.4, -0.2) is 19.9 Å². The summed E-state index contributed by atoms with van der Waals surface area (Å²) in [5, 5.41) is 0. The van der Waals surface area contributed by atoms with Gasteiger partial charge in [0.25, 0.3) is 0 Å². The predicted octanol–water partition coefficient (Wildman–Crippen LogP) is 12.2. The van der Waals surface area contributed by atoms with Gasteiger partial charge in [-0.1, -0.05) is 158 Å². The average molecular weight is 733 g/mol. The molecule has 0 unspecified atom stereocenters. The SMILES string of the molecule is c1ccc(-c2nc(-c3cccc(-c4cccc5c4Oc4ccc6c(c4O5)-c4ccccc4C6(c4ccccc4)c4ccccc4)c3)nc(-c3ccccn3)n2)cc1. The van der Waals surface area contributed by atoms with Crippen LogP contribution >= 0.6 is 0 Å². The van der Waals surface area contributed by atoms with E-state index in [0.717, 1.165) is 38.9 Å². The summed E-state index contributed by atoms with van der Waals surface area (Å²) in [5.41, 5.74) is 10.6. The third kappa shape index (κ3) is 5.26. The Bertz CT molecular complexity index is 2860. The summed E-state index contributed by atoms with van der Waals surface area (Å²) in [6.45, 7) is 0. The van der Waals surface area contributed by atoms with E-state index in [9.17, 15) is 0 Å². The number of ether oxygens (including phenoxy) is 2. The van der Waals surface area contributed by atoms with E-state index in [1.165, 1.54) is 16.7 Å². The van der Waals surface area contributed by atoms with Gasteiger partial charge in [-0.25, -0.2) is 15.0 Å². The summed E-state index contributed by atoms with van der Waals surface area (Å²) in [7, 11) is 0. The number of benzene rings is 7. The highest BCUT2D eigenvalue weighted by molar-refractivity contribution is 5.92. The van der Waals surface area contributed by atoms with Crippen molar-refractivity contribution >= 4 is 0 Å². The van der Waals surface area contributed by atoms with Gasteiger partial charge < -0.3 is 9.47 Å². The highest BCUT2D eigenvalue weighted by atomic mass is 16.6. The second kappa shape index (κ2) is 13.3. The van der Waals surface area contributed by atoms with Gasteiger partial charge in [-0.3, -0.25) is 4.98 Å². The minimum Gasteiger partial charge on any atom is -0.449 e. The van der Waals surface area contributed by atoms with E-state index in [0.29, 0.717) is 46.2 Å². The van der Waals surface area contributed by atoms with Crippen molar-refractivity contribution in [2.24, 2.45) is 0 Å². The average Bonchev–Trinajstić information content (AvgIpc) is 3.61. The number of nitrogens with zero attached hydrogens (tertiary/aromatic N) is 4. The van der Waals surface area contributed by atoms with E-state index >= 15 is 0 Å². The van der Waals surface area contributed by atoms with Gasteiger partial charge in [0.1, 0.15) is 5.69 Å². The van der Waals surface area contributed by atoms with E-state index in [1.54, 1.807) is 6.20 Å². The molecule has 6 heteroatoms. The van der Waals surface area contributed by atoms with Crippen LogP contribution in [0.15, 0.2) is 194 Å². The maximum Gasteiger partial charge on any atom is 0.182 e. The smallest absolute Gasteiger partial charge is 0.182 e. The number of pyridine rings is 1. The summed E-state index contributed by atoms with van der Waals surface area (Å²) >= 11 is 0. The van der Waals surface area contributed by atoms with Gasteiger partial charge in [-0.15, -0.1) is 0 Å². The van der Waals surface area contributed by atoms with Crippen LogP contribution < -0.4 is 9.47 Å². The van der Waals surface area contributed by atoms with Gasteiger partial charge in [0.05, 0.1) is 5.41 Å². The van der Waals surface area contributed by atoms with E-state index in [1.807, 2.05) is 72.8 Å². The third-order valence-corrected chi connectivity index (χ3v) is 10.9. The first-order chi connectivity index (χ1) is 28.3. The molecule has 268 valence electrons. The molecule has 57 heavy (non-hydrogen) atoms. The van der Waals surface area contributed by atoms with E-state index in [4.69, 9.17) is 24.4 Å². The third-order valence-electron chi connectivity index (χ3n) is 10.9. The Balaban J connectivity index is 1.03. The molecule has 3 heterocycles. The van der Waals surface area contributed by atoms with Crippen LogP contribution in [0.2, 0.25) is 0 Å². The van der Waals surface area contributed by atoms with Crippen molar-refractivity contribution in [3.8, 4) is 79.5 Å². The fourth-order valence-corrected chi connectivity index (χ4v) is 8.47. The van der Waals surface area contributed by atoms with Crippen molar-refractivity contribution in [1.29, 1.82) is 0 Å². The molecule has 11 rings (SSSR count). The van der Waals surface area contributed by atoms with E-state index in [-0.39, 0.29) is 0 Å². The Hall–Kier alpha value is -7.70. The lowest BCUT2D eigenvalue weighted by Gasteiger charge is -2.34. The first kappa shape index (κ1) is 32.7. The van der Waals surface area contributed by atoms with Crippen LogP contribution in [0.4, 0.5) is 0 Å². The van der Waals surface area contributed by atoms with Crippen molar-refractivity contribution in [2.45, 2.75) is 5.41 Å². The zero-order chi connectivity index (χ0) is 37.8. The largest absolute Gasteiger partial charge is 0.449 e. The van der Waals surface area contributed by atoms with E-state index in [2.05, 4.69) is 120 Å². The van der Waals surface area contributed by atoms with Crippen molar-refractivity contribution in [2.75, 3.05) is 0 Å². The molecule has 0 N–H and O–H groups in total. The summed E-state index contributed by atoms with van der Waals surface area (Å²) in [6.07, 6.45) is 1.75. The van der Waals surface area contributed by atoms with Crippen molar-refractivity contribution < 1.29 is 9.47 Å². The standard InChI is InChI=1S/C51H32N4O2/c1-4-16-33(17-5-1)48-53-49(55-50(54-48)42-27-12-13-31-52-42)35-19-14-18-34(32-35)38-25-15-28-43-46(38)56-44-30-29-41-45(47(44)57-43)39-24-10-11-26-40(39)51(41,36-20-6-2-7-21-36)37-22-8-3-9-23-37/h1-32H. The number of rotatable bonds is 6. The van der Waals surface area contributed by atoms with Crippen LogP contribution in [0, 0.1) is 0 Å². The van der Waals surface area contributed by atoms with Gasteiger partial charge in [-0.2, -0.15) is 0 Å². The van der Waals surface area contributed by atoms with Crippen LogP contribution in [-0.2, 0) is 5.41 Å². The first-order valence-electron chi connectivity index (χ1n) is 19.0. The lowest BCUT2D eigenvalue weighted by atomic mass is 9.68. The molecule has 1 aliphatic carbocycles. The molecule has 0 saturated carbocycles. The van der Waals surface area contributed by atoms with Crippen molar-refractivity contribution in [3.63, 3.8) is 0 Å². The first-order valence-corrected chi connectivity index (χ1v) is 19.0. The zero-order valence-corrected chi connectivity index (χ0v) is 30.6. The Kier molecular flexibility index (Phi) is 7.60. The highest BCUT2D eigenvalue weighted by Crippen LogP contribution is 2.62. The summed E-state index contributed by atoms with van der Waals surface area (Å²) < 4.78 is 13.9. The van der Waals surface area contributed by atoms with Gasteiger partial charge >= 0.3 is 0 Å². The topological polar surface area (TPSA) is 70.0 Å². The predicted molar refractivity (Wildman–Crippen MR) is 223 cm³/mol. The molecular formula is C51H32N4O2. The Morgan fingerprint density at radius 2 is 0.965 bits per heavy atom. The number of fused-ring (bicyclic) bond motifs is 6. The Morgan fingerprint density at radius 3 is 1.72 bits per heavy atom. The molecule has 0 fully saturated rings. The lowest BCUT2D eigenvalue weighted by molar-refractivity contribution is 0.361. The maximum atomic E-state index is 6.98. The quantitative estimate of drug-likeness (QED) is 0.169. The number of hydrogen-bond acceptors (Lipinski definition) is 6. The number of hydrogen-bond donors (Lipinski definition) is 0. The van der Waals surface area contributed by atoms with E-state index < -0.39 is 5.41 Å². The van der Waals surface area contributed by atoms with Gasteiger partial charge in [0.15, 0.2) is 40.5 Å². The number of aromatic nitrogens is 4. The molecule has 0 spiro atoms. The fourth-order valence-electron chi connectivity index (χ4n) is 8.47. The van der Waals surface area contributed by atoms with Crippen LogP contribution in [0.1, 0.15) is 22.3 Å². The molecular weight excluding hydrogens is 701 g/mol. The second-order valence-corrected chi connectivity index (χ2v) is 14.1. The number of para-hydroxylation sites is 1. The molecule has 0 saturated heterocycles. The van der Waals surface area contributed by atoms with Gasteiger partial charge in [0.2, 0.25) is 0 Å². The molecule has 9 aromatic rings.